The van der Waals surface area contributed by atoms with Crippen molar-refractivity contribution in [2.75, 3.05) is 0 Å². The summed E-state index contributed by atoms with van der Waals surface area (Å²) in [7, 11) is 0. The molecule has 0 amide bonds. The Hall–Kier alpha value is -2.10. The van der Waals surface area contributed by atoms with E-state index in [-0.39, 0.29) is 6.42 Å². The van der Waals surface area contributed by atoms with Crippen molar-refractivity contribution < 1.29 is 9.90 Å². The van der Waals surface area contributed by atoms with Crippen LogP contribution in [0.25, 0.3) is 5.69 Å². The van der Waals surface area contributed by atoms with Gasteiger partial charge in [-0.1, -0.05) is 12.1 Å². The second-order valence-corrected chi connectivity index (χ2v) is 5.01. The summed E-state index contributed by atoms with van der Waals surface area (Å²) in [5.74, 6) is -0.117. The van der Waals surface area contributed by atoms with E-state index in [1.54, 1.807) is 0 Å². The van der Waals surface area contributed by atoms with Crippen LogP contribution in [-0.2, 0) is 11.2 Å². The molecule has 4 heteroatoms. The standard InChI is InChI=1S/C15H16N2O2/c18-15(19)7-4-11-2-1-3-13(10-11)17-14(8-9-16-17)12-5-6-12/h1-3,8-10,12H,4-7H2,(H,18,19). The van der Waals surface area contributed by atoms with Crippen LogP contribution in [0.1, 0.15) is 36.4 Å². The van der Waals surface area contributed by atoms with Gasteiger partial charge in [-0.15, -0.1) is 0 Å². The molecule has 19 heavy (non-hydrogen) atoms. The molecule has 0 bridgehead atoms. The Morgan fingerprint density at radius 2 is 2.21 bits per heavy atom. The summed E-state index contributed by atoms with van der Waals surface area (Å²) in [4.78, 5) is 10.6. The minimum atomic E-state index is -0.761. The van der Waals surface area contributed by atoms with E-state index >= 15 is 0 Å². The molecule has 2 aromatic rings. The zero-order valence-electron chi connectivity index (χ0n) is 10.6. The van der Waals surface area contributed by atoms with Gasteiger partial charge in [0.1, 0.15) is 0 Å². The number of aliphatic carboxylic acids is 1. The van der Waals surface area contributed by atoms with Gasteiger partial charge in [0.05, 0.1) is 5.69 Å². The average Bonchev–Trinajstić information content (AvgIpc) is 3.14. The molecule has 0 aliphatic heterocycles. The highest BCUT2D eigenvalue weighted by Gasteiger charge is 2.27. The van der Waals surface area contributed by atoms with Gasteiger partial charge in [-0.3, -0.25) is 4.79 Å². The van der Waals surface area contributed by atoms with E-state index in [9.17, 15) is 4.79 Å². The number of carbonyl (C=O) groups is 1. The predicted molar refractivity (Wildman–Crippen MR) is 71.5 cm³/mol. The van der Waals surface area contributed by atoms with Gasteiger partial charge < -0.3 is 5.11 Å². The molecule has 1 N–H and O–H groups in total. The quantitative estimate of drug-likeness (QED) is 0.895. The van der Waals surface area contributed by atoms with Crippen LogP contribution in [0, 0.1) is 0 Å². The van der Waals surface area contributed by atoms with Crippen LogP contribution in [-0.4, -0.2) is 20.9 Å². The predicted octanol–water partition coefficient (Wildman–Crippen LogP) is 2.77. The molecule has 0 atom stereocenters. The summed E-state index contributed by atoms with van der Waals surface area (Å²) in [6, 6.07) is 10.0. The van der Waals surface area contributed by atoms with Crippen LogP contribution in [0.3, 0.4) is 0 Å². The molecule has 1 heterocycles. The smallest absolute Gasteiger partial charge is 0.303 e. The van der Waals surface area contributed by atoms with Gasteiger partial charge in [0.25, 0.3) is 0 Å². The van der Waals surface area contributed by atoms with Crippen LogP contribution in [0.4, 0.5) is 0 Å². The normalized spacial score (nSPS) is 14.5. The van der Waals surface area contributed by atoms with Gasteiger partial charge in [0, 0.05) is 24.2 Å². The Labute approximate surface area is 111 Å². The molecule has 4 nitrogen and oxygen atoms in total. The molecule has 1 aliphatic rings. The highest BCUT2D eigenvalue weighted by Crippen LogP contribution is 2.40. The van der Waals surface area contributed by atoms with Gasteiger partial charge in [-0.25, -0.2) is 4.68 Å². The fourth-order valence-electron chi connectivity index (χ4n) is 2.31. The van der Waals surface area contributed by atoms with Gasteiger partial charge in [-0.05, 0) is 43.0 Å². The molecule has 0 unspecified atom stereocenters. The Morgan fingerprint density at radius 3 is 2.95 bits per heavy atom. The molecule has 0 spiro atoms. The second-order valence-electron chi connectivity index (χ2n) is 5.01. The van der Waals surface area contributed by atoms with Gasteiger partial charge >= 0.3 is 5.97 Å². The lowest BCUT2D eigenvalue weighted by Gasteiger charge is -2.08. The van der Waals surface area contributed by atoms with Crippen molar-refractivity contribution in [1.29, 1.82) is 0 Å². The van der Waals surface area contributed by atoms with E-state index in [0.29, 0.717) is 12.3 Å². The number of benzene rings is 1. The maximum Gasteiger partial charge on any atom is 0.303 e. The minimum absolute atomic E-state index is 0.165. The number of carboxylic acid groups (broad SMARTS) is 1. The third-order valence-electron chi connectivity index (χ3n) is 3.45. The van der Waals surface area contributed by atoms with Crippen molar-refractivity contribution in [3.8, 4) is 5.69 Å². The second kappa shape index (κ2) is 4.88. The molecular formula is C15H16N2O2. The number of rotatable bonds is 5. The van der Waals surface area contributed by atoms with Gasteiger partial charge in [0.2, 0.25) is 0 Å². The van der Waals surface area contributed by atoms with Crippen LogP contribution in [0.5, 0.6) is 0 Å². The van der Waals surface area contributed by atoms with Crippen LogP contribution in [0.15, 0.2) is 36.5 Å². The Morgan fingerprint density at radius 1 is 1.37 bits per heavy atom. The SMILES string of the molecule is O=C(O)CCc1cccc(-n2nccc2C2CC2)c1. The number of carboxylic acids is 1. The molecular weight excluding hydrogens is 240 g/mol. The molecule has 3 rings (SSSR count). The van der Waals surface area contributed by atoms with E-state index in [1.807, 2.05) is 35.1 Å². The van der Waals surface area contributed by atoms with Crippen molar-refractivity contribution in [2.45, 2.75) is 31.6 Å². The van der Waals surface area contributed by atoms with Crippen molar-refractivity contribution >= 4 is 5.97 Å². The van der Waals surface area contributed by atoms with Crippen molar-refractivity contribution in [3.63, 3.8) is 0 Å². The molecule has 1 aliphatic carbocycles. The zero-order chi connectivity index (χ0) is 13.2. The lowest BCUT2D eigenvalue weighted by Crippen LogP contribution is -2.02. The summed E-state index contributed by atoms with van der Waals surface area (Å²) in [5.41, 5.74) is 3.32. The lowest BCUT2D eigenvalue weighted by atomic mass is 10.1. The van der Waals surface area contributed by atoms with Crippen LogP contribution >= 0.6 is 0 Å². The number of hydrogen-bond acceptors (Lipinski definition) is 2. The van der Waals surface area contributed by atoms with Crippen molar-refractivity contribution in [3.05, 3.63) is 47.8 Å². The summed E-state index contributed by atoms with van der Waals surface area (Å²) in [5, 5.41) is 13.1. The van der Waals surface area contributed by atoms with Crippen molar-refractivity contribution in [1.82, 2.24) is 9.78 Å². The maximum atomic E-state index is 10.6. The third-order valence-corrected chi connectivity index (χ3v) is 3.45. The molecule has 0 saturated heterocycles. The molecule has 1 saturated carbocycles. The number of hydrogen-bond donors (Lipinski definition) is 1. The highest BCUT2D eigenvalue weighted by molar-refractivity contribution is 5.67. The molecule has 1 aromatic heterocycles. The van der Waals surface area contributed by atoms with E-state index in [2.05, 4.69) is 11.2 Å². The maximum absolute atomic E-state index is 10.6. The van der Waals surface area contributed by atoms with E-state index in [0.717, 1.165) is 11.3 Å². The fourth-order valence-corrected chi connectivity index (χ4v) is 2.31. The summed E-state index contributed by atoms with van der Waals surface area (Å²) < 4.78 is 1.97. The first-order valence-corrected chi connectivity index (χ1v) is 6.59. The summed E-state index contributed by atoms with van der Waals surface area (Å²) in [6.07, 6.45) is 5.04. The first kappa shape index (κ1) is 12.0. The fraction of sp³-hybridized carbons (Fsp3) is 0.333. The highest BCUT2D eigenvalue weighted by atomic mass is 16.4. The minimum Gasteiger partial charge on any atom is -0.481 e. The van der Waals surface area contributed by atoms with E-state index < -0.39 is 5.97 Å². The first-order chi connectivity index (χ1) is 9.24. The summed E-state index contributed by atoms with van der Waals surface area (Å²) >= 11 is 0. The first-order valence-electron chi connectivity index (χ1n) is 6.59. The van der Waals surface area contributed by atoms with Crippen LogP contribution in [0.2, 0.25) is 0 Å². The monoisotopic (exact) mass is 256 g/mol. The Balaban J connectivity index is 1.85. The zero-order valence-corrected chi connectivity index (χ0v) is 10.6. The molecule has 0 radical (unpaired) electrons. The number of nitrogens with zero attached hydrogens (tertiary/aromatic N) is 2. The van der Waals surface area contributed by atoms with E-state index in [4.69, 9.17) is 5.11 Å². The molecule has 98 valence electrons. The molecule has 1 fully saturated rings. The Bertz CT molecular complexity index is 600. The summed E-state index contributed by atoms with van der Waals surface area (Å²) in [6.45, 7) is 0. The third kappa shape index (κ3) is 2.67. The van der Waals surface area contributed by atoms with Gasteiger partial charge in [-0.2, -0.15) is 5.10 Å². The number of aromatic nitrogens is 2. The van der Waals surface area contributed by atoms with Crippen molar-refractivity contribution in [2.24, 2.45) is 0 Å². The topological polar surface area (TPSA) is 55.1 Å². The van der Waals surface area contributed by atoms with E-state index in [1.165, 1.54) is 18.5 Å². The average molecular weight is 256 g/mol. The lowest BCUT2D eigenvalue weighted by molar-refractivity contribution is -0.136. The van der Waals surface area contributed by atoms with Gasteiger partial charge in [0.15, 0.2) is 0 Å². The Kier molecular flexibility index (Phi) is 3.07. The largest absolute Gasteiger partial charge is 0.481 e. The molecule has 1 aromatic carbocycles. The number of aryl methyl sites for hydroxylation is 1. The van der Waals surface area contributed by atoms with Crippen LogP contribution < -0.4 is 0 Å².